The van der Waals surface area contributed by atoms with Gasteiger partial charge in [0.1, 0.15) is 0 Å². The maximum absolute atomic E-state index is 12.2. The van der Waals surface area contributed by atoms with Crippen LogP contribution in [-0.4, -0.2) is 25.3 Å². The molecule has 1 aromatic carbocycles. The fourth-order valence-corrected chi connectivity index (χ4v) is 3.74. The van der Waals surface area contributed by atoms with Gasteiger partial charge >= 0.3 is 0 Å². The first-order valence-electron chi connectivity index (χ1n) is 5.51. The molecule has 1 fully saturated rings. The third-order valence-electron chi connectivity index (χ3n) is 3.37. The van der Waals surface area contributed by atoms with Crippen LogP contribution >= 0.6 is 0 Å². The molecule has 1 aromatic rings. The highest BCUT2D eigenvalue weighted by atomic mass is 32.2. The highest BCUT2D eigenvalue weighted by Gasteiger charge is 2.40. The van der Waals surface area contributed by atoms with E-state index in [1.165, 1.54) is 0 Å². The Morgan fingerprint density at radius 1 is 1.19 bits per heavy atom. The second-order valence-electron chi connectivity index (χ2n) is 4.61. The summed E-state index contributed by atoms with van der Waals surface area (Å²) in [6.07, 6.45) is 0. The summed E-state index contributed by atoms with van der Waals surface area (Å²) in [5, 5.41) is 0. The van der Waals surface area contributed by atoms with Crippen LogP contribution in [0.2, 0.25) is 0 Å². The van der Waals surface area contributed by atoms with Crippen LogP contribution < -0.4 is 0 Å². The van der Waals surface area contributed by atoms with Gasteiger partial charge in [-0.15, -0.1) is 0 Å². The summed E-state index contributed by atoms with van der Waals surface area (Å²) in [5.41, 5.74) is 1.07. The van der Waals surface area contributed by atoms with Gasteiger partial charge in [0.05, 0.1) is 4.90 Å². The molecule has 3 nitrogen and oxygen atoms in total. The second kappa shape index (κ2) is 3.86. The number of hydrogen-bond donors (Lipinski definition) is 0. The van der Waals surface area contributed by atoms with E-state index >= 15 is 0 Å². The Labute approximate surface area is 97.1 Å². The van der Waals surface area contributed by atoms with Gasteiger partial charge in [-0.3, -0.25) is 0 Å². The molecule has 0 amide bonds. The van der Waals surface area contributed by atoms with E-state index in [0.717, 1.165) is 5.56 Å². The zero-order chi connectivity index (χ0) is 11.9. The molecule has 0 aromatic heterocycles. The number of rotatable bonds is 2. The second-order valence-corrected chi connectivity index (χ2v) is 6.50. The first-order valence-corrected chi connectivity index (χ1v) is 6.95. The molecule has 0 bridgehead atoms. The molecule has 2 rings (SSSR count). The summed E-state index contributed by atoms with van der Waals surface area (Å²) in [6.45, 7) is 6.62. The smallest absolute Gasteiger partial charge is 0.207 e. The molecule has 2 atom stereocenters. The average molecular weight is 239 g/mol. The van der Waals surface area contributed by atoms with Crippen molar-refractivity contribution in [1.29, 1.82) is 0 Å². The van der Waals surface area contributed by atoms with E-state index in [4.69, 9.17) is 0 Å². The Balaban J connectivity index is 2.30. The van der Waals surface area contributed by atoms with Gasteiger partial charge in [-0.25, -0.2) is 8.42 Å². The Morgan fingerprint density at radius 3 is 2.19 bits per heavy atom. The Morgan fingerprint density at radius 2 is 1.75 bits per heavy atom. The fourth-order valence-electron chi connectivity index (χ4n) is 1.91. The van der Waals surface area contributed by atoms with Crippen molar-refractivity contribution in [3.05, 3.63) is 29.8 Å². The molecule has 0 spiro atoms. The van der Waals surface area contributed by atoms with Crippen LogP contribution in [0.25, 0.3) is 0 Å². The number of nitrogens with zero attached hydrogens (tertiary/aromatic N) is 1. The van der Waals surface area contributed by atoms with Crippen LogP contribution in [0.4, 0.5) is 0 Å². The zero-order valence-corrected chi connectivity index (χ0v) is 10.7. The SMILES string of the molecule is Cc1ccc(S(=O)(=O)N2C[C@H](C)[C@@H]2C)cc1. The quantitative estimate of drug-likeness (QED) is 0.792. The van der Waals surface area contributed by atoms with E-state index in [9.17, 15) is 8.42 Å². The van der Waals surface area contributed by atoms with Crippen LogP contribution in [0.3, 0.4) is 0 Å². The minimum Gasteiger partial charge on any atom is -0.207 e. The Kier molecular flexibility index (Phi) is 2.80. The molecule has 0 unspecified atom stereocenters. The molecule has 0 aliphatic carbocycles. The largest absolute Gasteiger partial charge is 0.243 e. The zero-order valence-electron chi connectivity index (χ0n) is 9.84. The van der Waals surface area contributed by atoms with E-state index in [1.807, 2.05) is 26.0 Å². The molecule has 16 heavy (non-hydrogen) atoms. The summed E-state index contributed by atoms with van der Waals surface area (Å²) in [7, 11) is -3.27. The van der Waals surface area contributed by atoms with E-state index in [1.54, 1.807) is 16.4 Å². The maximum atomic E-state index is 12.2. The van der Waals surface area contributed by atoms with Crippen molar-refractivity contribution in [3.8, 4) is 0 Å². The summed E-state index contributed by atoms with van der Waals surface area (Å²) < 4.78 is 26.0. The summed E-state index contributed by atoms with van der Waals surface area (Å²) in [6, 6.07) is 7.15. The monoisotopic (exact) mass is 239 g/mol. The topological polar surface area (TPSA) is 37.4 Å². The standard InChI is InChI=1S/C12H17NO2S/c1-9-4-6-12(7-5-9)16(14,15)13-8-10(2)11(13)3/h4-7,10-11H,8H2,1-3H3/t10-,11-/m0/s1. The lowest BCUT2D eigenvalue weighted by Crippen LogP contribution is -2.55. The van der Waals surface area contributed by atoms with E-state index in [0.29, 0.717) is 17.4 Å². The molecule has 1 saturated heterocycles. The van der Waals surface area contributed by atoms with Gasteiger partial charge in [0.15, 0.2) is 0 Å². The van der Waals surface area contributed by atoms with Crippen LogP contribution in [-0.2, 0) is 10.0 Å². The molecule has 4 heteroatoms. The summed E-state index contributed by atoms with van der Waals surface area (Å²) >= 11 is 0. The number of hydrogen-bond acceptors (Lipinski definition) is 2. The molecular weight excluding hydrogens is 222 g/mol. The molecule has 88 valence electrons. The fraction of sp³-hybridized carbons (Fsp3) is 0.500. The molecular formula is C12H17NO2S. The van der Waals surface area contributed by atoms with Gasteiger partial charge < -0.3 is 0 Å². The molecule has 0 radical (unpaired) electrons. The van der Waals surface area contributed by atoms with E-state index in [2.05, 4.69) is 6.92 Å². The predicted octanol–water partition coefficient (Wildman–Crippen LogP) is 2.02. The van der Waals surface area contributed by atoms with Gasteiger partial charge in [0, 0.05) is 12.6 Å². The van der Waals surface area contributed by atoms with E-state index in [-0.39, 0.29) is 6.04 Å². The number of benzene rings is 1. The highest BCUT2D eigenvalue weighted by Crippen LogP contribution is 2.30. The molecule has 0 N–H and O–H groups in total. The average Bonchev–Trinajstić information content (AvgIpc) is 2.25. The highest BCUT2D eigenvalue weighted by molar-refractivity contribution is 7.89. The minimum atomic E-state index is -3.27. The lowest BCUT2D eigenvalue weighted by atomic mass is 9.96. The molecule has 0 saturated carbocycles. The lowest BCUT2D eigenvalue weighted by Gasteiger charge is -2.43. The van der Waals surface area contributed by atoms with Crippen molar-refractivity contribution in [1.82, 2.24) is 4.31 Å². The Hall–Kier alpha value is -0.870. The van der Waals surface area contributed by atoms with Crippen molar-refractivity contribution in [2.24, 2.45) is 5.92 Å². The van der Waals surface area contributed by atoms with Crippen molar-refractivity contribution in [2.45, 2.75) is 31.7 Å². The van der Waals surface area contributed by atoms with Gasteiger partial charge in [-0.1, -0.05) is 24.6 Å². The van der Waals surface area contributed by atoms with Gasteiger partial charge in [0.2, 0.25) is 10.0 Å². The van der Waals surface area contributed by atoms with Crippen LogP contribution in [0.1, 0.15) is 19.4 Å². The van der Waals surface area contributed by atoms with Gasteiger partial charge in [-0.05, 0) is 31.9 Å². The first kappa shape index (κ1) is 11.6. The predicted molar refractivity (Wildman–Crippen MR) is 63.7 cm³/mol. The number of aryl methyl sites for hydroxylation is 1. The van der Waals surface area contributed by atoms with Crippen molar-refractivity contribution in [3.63, 3.8) is 0 Å². The maximum Gasteiger partial charge on any atom is 0.243 e. The normalized spacial score (nSPS) is 26.4. The first-order chi connectivity index (χ1) is 7.43. The van der Waals surface area contributed by atoms with Gasteiger partial charge in [0.25, 0.3) is 0 Å². The summed E-state index contributed by atoms with van der Waals surface area (Å²) in [5.74, 6) is 0.459. The van der Waals surface area contributed by atoms with Gasteiger partial charge in [-0.2, -0.15) is 4.31 Å². The Bertz CT molecular complexity index is 478. The molecule has 1 aliphatic rings. The minimum absolute atomic E-state index is 0.117. The molecule has 1 aliphatic heterocycles. The number of sulfonamides is 1. The third kappa shape index (κ3) is 1.76. The van der Waals surface area contributed by atoms with Crippen molar-refractivity contribution < 1.29 is 8.42 Å². The van der Waals surface area contributed by atoms with Crippen molar-refractivity contribution in [2.75, 3.05) is 6.54 Å². The van der Waals surface area contributed by atoms with E-state index < -0.39 is 10.0 Å². The van der Waals surface area contributed by atoms with Crippen LogP contribution in [0.15, 0.2) is 29.2 Å². The van der Waals surface area contributed by atoms with Crippen molar-refractivity contribution >= 4 is 10.0 Å². The van der Waals surface area contributed by atoms with Crippen LogP contribution in [0.5, 0.6) is 0 Å². The summed E-state index contributed by atoms with van der Waals surface area (Å²) in [4.78, 5) is 0.400. The third-order valence-corrected chi connectivity index (χ3v) is 5.34. The lowest BCUT2D eigenvalue weighted by molar-refractivity contribution is 0.131. The van der Waals surface area contributed by atoms with Crippen LogP contribution in [0, 0.1) is 12.8 Å². The molecule has 1 heterocycles.